The summed E-state index contributed by atoms with van der Waals surface area (Å²) in [6, 6.07) is 6.56. The van der Waals surface area contributed by atoms with E-state index >= 15 is 0 Å². The lowest BCUT2D eigenvalue weighted by Gasteiger charge is -2.12. The summed E-state index contributed by atoms with van der Waals surface area (Å²) in [5.41, 5.74) is -0.414. The van der Waals surface area contributed by atoms with Crippen LogP contribution in [0.3, 0.4) is 0 Å². The molecular weight excluding hydrogens is 280 g/mol. The maximum Gasteiger partial charge on any atom is 0.391 e. The molecule has 2 aromatic rings. The van der Waals surface area contributed by atoms with E-state index in [-0.39, 0.29) is 28.6 Å². The molecule has 1 heterocycles. The first-order chi connectivity index (χ1) is 9.54. The predicted molar refractivity (Wildman–Crippen MR) is 75.0 cm³/mol. The van der Waals surface area contributed by atoms with Crippen molar-refractivity contribution in [3.05, 3.63) is 34.7 Å². The molecule has 1 atom stereocenters. The van der Waals surface area contributed by atoms with Crippen molar-refractivity contribution in [2.45, 2.75) is 11.8 Å². The lowest BCUT2D eigenvalue weighted by molar-refractivity contribution is -0.270. The predicted octanol–water partition coefficient (Wildman–Crippen LogP) is 1.04. The number of carbonyl (C=O) groups excluding carboxylic acids is 1. The first-order valence-electron chi connectivity index (χ1n) is 6.05. The van der Waals surface area contributed by atoms with E-state index in [2.05, 4.69) is 0 Å². The van der Waals surface area contributed by atoms with Gasteiger partial charge in [0.1, 0.15) is 11.8 Å². The van der Waals surface area contributed by atoms with Gasteiger partial charge in [0.2, 0.25) is 10.6 Å². The lowest BCUT2D eigenvalue weighted by Crippen LogP contribution is -2.24. The Hall–Kier alpha value is -1.95. The normalized spacial score (nSPS) is 12.3. The van der Waals surface area contributed by atoms with Gasteiger partial charge in [-0.05, 0) is 18.7 Å². The SMILES string of the molecule is CCOC(=O)C[S+](C)c1c([O-])c2ccccc2oc1=O. The van der Waals surface area contributed by atoms with Gasteiger partial charge in [-0.25, -0.2) is 9.59 Å². The van der Waals surface area contributed by atoms with Gasteiger partial charge in [-0.2, -0.15) is 0 Å². The molecule has 1 aromatic heterocycles. The van der Waals surface area contributed by atoms with Crippen molar-refractivity contribution in [3.8, 4) is 5.75 Å². The Morgan fingerprint density at radius 2 is 2.10 bits per heavy atom. The summed E-state index contributed by atoms with van der Waals surface area (Å²) in [5.74, 6) is -0.788. The lowest BCUT2D eigenvalue weighted by atomic mass is 10.2. The van der Waals surface area contributed by atoms with E-state index < -0.39 is 22.5 Å². The monoisotopic (exact) mass is 294 g/mol. The molecule has 0 bridgehead atoms. The molecule has 0 N–H and O–H groups in total. The standard InChI is InChI=1S/C14H14O5S/c1-3-18-11(15)8-20(2)13-12(16)9-6-4-5-7-10(9)19-14(13)17/h4-7H,3,8H2,1-2H3. The van der Waals surface area contributed by atoms with Crippen LogP contribution < -0.4 is 10.7 Å². The minimum atomic E-state index is -0.837. The Bertz CT molecular complexity index is 692. The van der Waals surface area contributed by atoms with Crippen LogP contribution in [0.25, 0.3) is 11.0 Å². The van der Waals surface area contributed by atoms with Gasteiger partial charge in [0.15, 0.2) is 0 Å². The van der Waals surface area contributed by atoms with E-state index in [9.17, 15) is 14.7 Å². The van der Waals surface area contributed by atoms with E-state index in [0.717, 1.165) is 0 Å². The van der Waals surface area contributed by atoms with Crippen LogP contribution in [0.1, 0.15) is 6.92 Å². The number of esters is 1. The van der Waals surface area contributed by atoms with Crippen molar-refractivity contribution >= 4 is 27.8 Å². The van der Waals surface area contributed by atoms with Crippen LogP contribution >= 0.6 is 0 Å². The van der Waals surface area contributed by atoms with Crippen molar-refractivity contribution < 1.29 is 19.1 Å². The smallest absolute Gasteiger partial charge is 0.391 e. The third kappa shape index (κ3) is 2.80. The van der Waals surface area contributed by atoms with Gasteiger partial charge in [0, 0.05) is 16.3 Å². The average Bonchev–Trinajstić information content (AvgIpc) is 2.38. The molecule has 6 heteroatoms. The van der Waals surface area contributed by atoms with E-state index in [4.69, 9.17) is 9.15 Å². The van der Waals surface area contributed by atoms with Crippen LogP contribution in [-0.4, -0.2) is 24.6 Å². The topological polar surface area (TPSA) is 79.6 Å². The highest BCUT2D eigenvalue weighted by Gasteiger charge is 2.27. The fraction of sp³-hybridized carbons (Fsp3) is 0.286. The van der Waals surface area contributed by atoms with E-state index in [0.29, 0.717) is 5.39 Å². The fourth-order valence-electron chi connectivity index (χ4n) is 1.86. The number of benzene rings is 1. The highest BCUT2D eigenvalue weighted by Crippen LogP contribution is 2.27. The van der Waals surface area contributed by atoms with Gasteiger partial charge in [0.05, 0.1) is 6.61 Å². The number of hydrogen-bond donors (Lipinski definition) is 0. The fourth-order valence-corrected chi connectivity index (χ4v) is 3.19. The summed E-state index contributed by atoms with van der Waals surface area (Å²) >= 11 is 0. The third-order valence-corrected chi connectivity index (χ3v) is 4.43. The number of ether oxygens (including phenoxy) is 1. The van der Waals surface area contributed by atoms with Gasteiger partial charge in [-0.3, -0.25) is 0 Å². The molecule has 1 aromatic carbocycles. The Balaban J connectivity index is 2.43. The van der Waals surface area contributed by atoms with E-state index in [1.165, 1.54) is 0 Å². The summed E-state index contributed by atoms with van der Waals surface area (Å²) in [5, 5.41) is 12.7. The summed E-state index contributed by atoms with van der Waals surface area (Å²) in [6.07, 6.45) is 1.67. The number of rotatable bonds is 4. The van der Waals surface area contributed by atoms with Crippen LogP contribution in [0.4, 0.5) is 0 Å². The van der Waals surface area contributed by atoms with Crippen molar-refractivity contribution in [2.75, 3.05) is 18.6 Å². The second-order valence-electron chi connectivity index (χ2n) is 4.13. The molecule has 2 rings (SSSR count). The quantitative estimate of drug-likeness (QED) is 0.478. The second kappa shape index (κ2) is 6.00. The molecule has 0 fully saturated rings. The molecule has 0 spiro atoms. The zero-order chi connectivity index (χ0) is 14.7. The summed E-state index contributed by atoms with van der Waals surface area (Å²) in [7, 11) is -0.837. The molecule has 0 aliphatic carbocycles. The largest absolute Gasteiger partial charge is 0.868 e. The van der Waals surface area contributed by atoms with Crippen LogP contribution in [0.15, 0.2) is 38.4 Å². The van der Waals surface area contributed by atoms with Gasteiger partial charge in [-0.1, -0.05) is 18.2 Å². The van der Waals surface area contributed by atoms with Gasteiger partial charge >= 0.3 is 11.6 Å². The zero-order valence-corrected chi connectivity index (χ0v) is 12.0. The Kier molecular flexibility index (Phi) is 4.34. The zero-order valence-electron chi connectivity index (χ0n) is 11.2. The van der Waals surface area contributed by atoms with Crippen molar-refractivity contribution in [1.29, 1.82) is 0 Å². The van der Waals surface area contributed by atoms with Crippen molar-refractivity contribution in [2.24, 2.45) is 0 Å². The number of carbonyl (C=O) groups is 1. The Labute approximate surface area is 118 Å². The van der Waals surface area contributed by atoms with Gasteiger partial charge < -0.3 is 14.3 Å². The molecule has 0 radical (unpaired) electrons. The molecule has 0 saturated heterocycles. The van der Waals surface area contributed by atoms with Crippen LogP contribution in [0.5, 0.6) is 5.75 Å². The van der Waals surface area contributed by atoms with Crippen molar-refractivity contribution in [1.82, 2.24) is 0 Å². The van der Waals surface area contributed by atoms with E-state index in [1.54, 1.807) is 37.4 Å². The maximum absolute atomic E-state index is 12.3. The number of fused-ring (bicyclic) bond motifs is 1. The summed E-state index contributed by atoms with van der Waals surface area (Å²) < 4.78 is 9.97. The molecule has 0 amide bonds. The second-order valence-corrected chi connectivity index (χ2v) is 6.10. The summed E-state index contributed by atoms with van der Waals surface area (Å²) in [4.78, 5) is 23.4. The maximum atomic E-state index is 12.3. The molecule has 1 unspecified atom stereocenters. The Morgan fingerprint density at radius 1 is 1.40 bits per heavy atom. The molecule has 0 aliphatic rings. The first-order valence-corrected chi connectivity index (χ1v) is 7.85. The molecule has 0 saturated carbocycles. The number of para-hydroxylation sites is 1. The first kappa shape index (κ1) is 14.5. The van der Waals surface area contributed by atoms with Crippen LogP contribution in [0, 0.1) is 0 Å². The minimum absolute atomic E-state index is 0.00613. The van der Waals surface area contributed by atoms with Crippen molar-refractivity contribution in [3.63, 3.8) is 0 Å². The van der Waals surface area contributed by atoms with E-state index in [1.807, 2.05) is 0 Å². The van der Waals surface area contributed by atoms with Gasteiger partial charge in [-0.15, -0.1) is 0 Å². The highest BCUT2D eigenvalue weighted by molar-refractivity contribution is 7.97. The van der Waals surface area contributed by atoms with Gasteiger partial charge in [0.25, 0.3) is 0 Å². The minimum Gasteiger partial charge on any atom is -0.868 e. The van der Waals surface area contributed by atoms with Crippen LogP contribution in [0.2, 0.25) is 0 Å². The molecule has 106 valence electrons. The molecular formula is C14H14O5S. The molecule has 5 nitrogen and oxygen atoms in total. The highest BCUT2D eigenvalue weighted by atomic mass is 32.2. The third-order valence-electron chi connectivity index (χ3n) is 2.71. The summed E-state index contributed by atoms with van der Waals surface area (Å²) in [6.45, 7) is 1.97. The average molecular weight is 294 g/mol. The van der Waals surface area contributed by atoms with Crippen LogP contribution in [-0.2, 0) is 20.4 Å². The number of hydrogen-bond acceptors (Lipinski definition) is 5. The Morgan fingerprint density at radius 3 is 2.80 bits per heavy atom. The molecule has 20 heavy (non-hydrogen) atoms. The molecule has 0 aliphatic heterocycles.